The fraction of sp³-hybridized carbons (Fsp3) is 0.733. The third-order valence-corrected chi connectivity index (χ3v) is 3.61. The largest absolute Gasteiger partial charge is 0.383 e. The highest BCUT2D eigenvalue weighted by molar-refractivity contribution is 5.74. The molecule has 21 heavy (non-hydrogen) atoms. The zero-order valence-electron chi connectivity index (χ0n) is 13.4. The molecule has 0 radical (unpaired) electrons. The summed E-state index contributed by atoms with van der Waals surface area (Å²) in [6.45, 7) is 6.96. The number of carbonyl (C=O) groups is 1. The first-order valence-electron chi connectivity index (χ1n) is 7.72. The van der Waals surface area contributed by atoms with E-state index in [2.05, 4.69) is 24.1 Å². The molecule has 0 saturated carbocycles. The second-order valence-corrected chi connectivity index (χ2v) is 5.04. The van der Waals surface area contributed by atoms with Gasteiger partial charge in [0.25, 0.3) is 0 Å². The first-order valence-corrected chi connectivity index (χ1v) is 7.72. The number of aromatic nitrogens is 2. The minimum Gasteiger partial charge on any atom is -0.383 e. The number of methoxy groups -OCH3 is 1. The van der Waals surface area contributed by atoms with Crippen molar-refractivity contribution < 1.29 is 9.53 Å². The molecule has 0 aliphatic heterocycles. The van der Waals surface area contributed by atoms with E-state index in [1.54, 1.807) is 19.6 Å². The van der Waals surface area contributed by atoms with Gasteiger partial charge in [-0.15, -0.1) is 0 Å². The lowest BCUT2D eigenvalue weighted by atomic mass is 10.1. The molecule has 0 spiro atoms. The van der Waals surface area contributed by atoms with Crippen molar-refractivity contribution in [2.45, 2.75) is 45.7 Å². The van der Waals surface area contributed by atoms with Crippen LogP contribution in [0.5, 0.6) is 0 Å². The van der Waals surface area contributed by atoms with Gasteiger partial charge in [0.15, 0.2) is 0 Å². The van der Waals surface area contributed by atoms with Gasteiger partial charge >= 0.3 is 6.03 Å². The van der Waals surface area contributed by atoms with E-state index >= 15 is 0 Å². The number of ether oxygens (including phenoxy) is 1. The minimum absolute atomic E-state index is 0.00591. The monoisotopic (exact) mass is 296 g/mol. The number of carbonyl (C=O) groups excluding carboxylic acids is 1. The molecule has 1 aromatic rings. The molecule has 0 aliphatic carbocycles. The van der Waals surface area contributed by atoms with E-state index < -0.39 is 0 Å². The van der Waals surface area contributed by atoms with Crippen molar-refractivity contribution in [3.63, 3.8) is 0 Å². The van der Waals surface area contributed by atoms with Crippen LogP contribution in [-0.2, 0) is 11.3 Å². The molecular formula is C15H28N4O2. The number of aryl methyl sites for hydroxylation is 1. The Kier molecular flexibility index (Phi) is 8.50. The maximum absolute atomic E-state index is 12.3. The van der Waals surface area contributed by atoms with Crippen LogP contribution < -0.4 is 5.32 Å². The minimum atomic E-state index is 0.00591. The number of amides is 2. The van der Waals surface area contributed by atoms with Gasteiger partial charge in [0.2, 0.25) is 0 Å². The summed E-state index contributed by atoms with van der Waals surface area (Å²) in [5.74, 6) is 0. The molecule has 0 bridgehead atoms. The highest BCUT2D eigenvalue weighted by Gasteiger charge is 2.20. The van der Waals surface area contributed by atoms with Gasteiger partial charge in [-0.1, -0.05) is 13.8 Å². The predicted molar refractivity (Wildman–Crippen MR) is 83.2 cm³/mol. The molecule has 0 aromatic carbocycles. The van der Waals surface area contributed by atoms with Crippen LogP contribution in [0.2, 0.25) is 0 Å². The normalized spacial score (nSPS) is 10.9. The average Bonchev–Trinajstić information content (AvgIpc) is 3.01. The summed E-state index contributed by atoms with van der Waals surface area (Å²) in [4.78, 5) is 18.2. The molecular weight excluding hydrogens is 268 g/mol. The van der Waals surface area contributed by atoms with Crippen LogP contribution in [0.4, 0.5) is 4.79 Å². The zero-order valence-corrected chi connectivity index (χ0v) is 13.4. The van der Waals surface area contributed by atoms with E-state index in [1.807, 2.05) is 15.7 Å². The summed E-state index contributed by atoms with van der Waals surface area (Å²) in [5.41, 5.74) is 0. The van der Waals surface area contributed by atoms with Gasteiger partial charge in [0, 0.05) is 45.2 Å². The van der Waals surface area contributed by atoms with Crippen LogP contribution in [0.3, 0.4) is 0 Å². The molecule has 0 aliphatic rings. The molecule has 1 aromatic heterocycles. The lowest BCUT2D eigenvalue weighted by Crippen LogP contribution is -2.47. The molecule has 6 nitrogen and oxygen atoms in total. The van der Waals surface area contributed by atoms with Gasteiger partial charge < -0.3 is 19.5 Å². The van der Waals surface area contributed by atoms with Crippen LogP contribution >= 0.6 is 0 Å². The van der Waals surface area contributed by atoms with Crippen LogP contribution in [0.1, 0.15) is 33.1 Å². The van der Waals surface area contributed by atoms with E-state index in [1.165, 1.54) is 0 Å². The van der Waals surface area contributed by atoms with E-state index in [4.69, 9.17) is 4.74 Å². The number of rotatable bonds is 10. The first-order chi connectivity index (χ1) is 10.2. The van der Waals surface area contributed by atoms with Gasteiger partial charge in [-0.3, -0.25) is 0 Å². The van der Waals surface area contributed by atoms with Crippen LogP contribution in [0, 0.1) is 0 Å². The lowest BCUT2D eigenvalue weighted by molar-refractivity contribution is 0.126. The molecule has 0 fully saturated rings. The topological polar surface area (TPSA) is 59.4 Å². The second-order valence-electron chi connectivity index (χ2n) is 5.04. The summed E-state index contributed by atoms with van der Waals surface area (Å²) in [7, 11) is 1.66. The van der Waals surface area contributed by atoms with Gasteiger partial charge in [-0.05, 0) is 19.3 Å². The van der Waals surface area contributed by atoms with Gasteiger partial charge in [-0.25, -0.2) is 9.78 Å². The van der Waals surface area contributed by atoms with Crippen molar-refractivity contribution in [3.05, 3.63) is 18.7 Å². The Bertz CT molecular complexity index is 377. The molecule has 2 amide bonds. The summed E-state index contributed by atoms with van der Waals surface area (Å²) < 4.78 is 7.11. The predicted octanol–water partition coefficient (Wildman–Crippen LogP) is 2.12. The second kappa shape index (κ2) is 10.2. The SMILES string of the molecule is CCC(CC)N(CCOC)C(=O)NCCCn1ccnc1. The van der Waals surface area contributed by atoms with Crippen molar-refractivity contribution in [2.24, 2.45) is 0 Å². The summed E-state index contributed by atoms with van der Waals surface area (Å²) in [6, 6.07) is 0.278. The number of nitrogens with zero attached hydrogens (tertiary/aromatic N) is 3. The van der Waals surface area contributed by atoms with Crippen molar-refractivity contribution in [1.29, 1.82) is 0 Å². The molecule has 1 rings (SSSR count). The Morgan fingerprint density at radius 3 is 2.76 bits per heavy atom. The third kappa shape index (κ3) is 6.16. The van der Waals surface area contributed by atoms with E-state index in [0.29, 0.717) is 19.7 Å². The summed E-state index contributed by atoms with van der Waals surface area (Å²) in [5, 5.41) is 3.00. The highest BCUT2D eigenvalue weighted by Crippen LogP contribution is 2.08. The molecule has 0 unspecified atom stereocenters. The number of nitrogens with one attached hydrogen (secondary N) is 1. The number of urea groups is 1. The molecule has 0 saturated heterocycles. The zero-order chi connectivity index (χ0) is 15.5. The Balaban J connectivity index is 2.36. The van der Waals surface area contributed by atoms with E-state index in [-0.39, 0.29) is 12.1 Å². The molecule has 0 atom stereocenters. The fourth-order valence-electron chi connectivity index (χ4n) is 2.35. The Morgan fingerprint density at radius 1 is 1.43 bits per heavy atom. The van der Waals surface area contributed by atoms with Gasteiger partial charge in [0.05, 0.1) is 12.9 Å². The Labute approximate surface area is 127 Å². The van der Waals surface area contributed by atoms with E-state index in [9.17, 15) is 4.79 Å². The van der Waals surface area contributed by atoms with Crippen molar-refractivity contribution in [1.82, 2.24) is 19.8 Å². The quantitative estimate of drug-likeness (QED) is 0.673. The van der Waals surface area contributed by atoms with Gasteiger partial charge in [0.1, 0.15) is 0 Å². The number of hydrogen-bond acceptors (Lipinski definition) is 3. The number of hydrogen-bond donors (Lipinski definition) is 1. The smallest absolute Gasteiger partial charge is 0.317 e. The summed E-state index contributed by atoms with van der Waals surface area (Å²) >= 11 is 0. The molecule has 6 heteroatoms. The maximum Gasteiger partial charge on any atom is 0.317 e. The van der Waals surface area contributed by atoms with Crippen LogP contribution in [0.15, 0.2) is 18.7 Å². The van der Waals surface area contributed by atoms with Crippen LogP contribution in [0.25, 0.3) is 0 Å². The fourth-order valence-corrected chi connectivity index (χ4v) is 2.35. The van der Waals surface area contributed by atoms with Crippen molar-refractivity contribution in [3.8, 4) is 0 Å². The number of imidazole rings is 1. The first kappa shape index (κ1) is 17.5. The lowest BCUT2D eigenvalue weighted by Gasteiger charge is -2.30. The molecule has 1 heterocycles. The van der Waals surface area contributed by atoms with Gasteiger partial charge in [-0.2, -0.15) is 0 Å². The maximum atomic E-state index is 12.3. The molecule has 1 N–H and O–H groups in total. The standard InChI is InChI=1S/C15H28N4O2/c1-4-14(5-2)19(11-12-21-3)15(20)17-7-6-9-18-10-8-16-13-18/h8,10,13-14H,4-7,9,11-12H2,1-3H3,(H,17,20). The van der Waals surface area contributed by atoms with Crippen molar-refractivity contribution >= 4 is 6.03 Å². The Morgan fingerprint density at radius 2 is 2.19 bits per heavy atom. The van der Waals surface area contributed by atoms with E-state index in [0.717, 1.165) is 25.8 Å². The van der Waals surface area contributed by atoms with Crippen LogP contribution in [-0.4, -0.2) is 53.3 Å². The molecule has 120 valence electrons. The average molecular weight is 296 g/mol. The summed E-state index contributed by atoms with van der Waals surface area (Å²) in [6.07, 6.45) is 8.29. The Hall–Kier alpha value is -1.56. The highest BCUT2D eigenvalue weighted by atomic mass is 16.5. The van der Waals surface area contributed by atoms with Crippen molar-refractivity contribution in [2.75, 3.05) is 26.8 Å². The third-order valence-electron chi connectivity index (χ3n) is 3.61.